The zero-order chi connectivity index (χ0) is 18.1. The molecule has 0 radical (unpaired) electrons. The van der Waals surface area contributed by atoms with Crippen LogP contribution in [0, 0.1) is 13.8 Å². The molecule has 2 aromatic heterocycles. The number of fused-ring (bicyclic) bond motifs is 1. The lowest BCUT2D eigenvalue weighted by Gasteiger charge is -2.08. The Labute approximate surface area is 153 Å². The summed E-state index contributed by atoms with van der Waals surface area (Å²) in [6.45, 7) is 4.70. The van der Waals surface area contributed by atoms with Crippen LogP contribution in [0.4, 0.5) is 5.13 Å². The third kappa shape index (κ3) is 3.38. The van der Waals surface area contributed by atoms with Crippen molar-refractivity contribution >= 4 is 22.4 Å². The van der Waals surface area contributed by atoms with Crippen molar-refractivity contribution in [3.8, 4) is 11.5 Å². The van der Waals surface area contributed by atoms with Gasteiger partial charge in [-0.05, 0) is 32.0 Å². The molecule has 134 valence electrons. The first-order chi connectivity index (χ1) is 12.6. The number of anilines is 1. The minimum absolute atomic E-state index is 0.414. The zero-order valence-electron chi connectivity index (χ0n) is 14.3. The summed E-state index contributed by atoms with van der Waals surface area (Å²) in [6, 6.07) is 9.19. The second-order valence-corrected chi connectivity index (χ2v) is 6.97. The van der Waals surface area contributed by atoms with Crippen LogP contribution in [0.2, 0.25) is 0 Å². The maximum Gasteiger partial charge on any atom is 0.322 e. The summed E-state index contributed by atoms with van der Waals surface area (Å²) >= 11 is 1.33. The number of carbonyl (C=O) groups is 1. The number of hydrogen-bond acceptors (Lipinski definition) is 7. The van der Waals surface area contributed by atoms with Gasteiger partial charge in [-0.25, -0.2) is 0 Å². The Kier molecular flexibility index (Phi) is 4.29. The SMILES string of the molecule is Cc1cc(C)n(CCc2nnc(NC(=O)C3Oc4ccccc4O3)s2)n1. The highest BCUT2D eigenvalue weighted by atomic mass is 32.1. The second-order valence-electron chi connectivity index (χ2n) is 5.90. The van der Waals surface area contributed by atoms with Gasteiger partial charge in [0.1, 0.15) is 5.01 Å². The molecule has 0 fully saturated rings. The molecule has 9 heteroatoms. The molecule has 0 atom stereocenters. The molecule has 4 rings (SSSR count). The Morgan fingerprint density at radius 2 is 1.96 bits per heavy atom. The van der Waals surface area contributed by atoms with Crippen LogP contribution in [0.15, 0.2) is 30.3 Å². The molecule has 8 nitrogen and oxygen atoms in total. The molecule has 1 aromatic carbocycles. The average molecular weight is 371 g/mol. The lowest BCUT2D eigenvalue weighted by atomic mass is 10.3. The maximum absolute atomic E-state index is 12.3. The van der Waals surface area contributed by atoms with Crippen molar-refractivity contribution in [3.05, 3.63) is 46.7 Å². The number of amides is 1. The molecule has 1 N–H and O–H groups in total. The summed E-state index contributed by atoms with van der Waals surface area (Å²) in [5.74, 6) is 0.688. The third-order valence-corrected chi connectivity index (χ3v) is 4.77. The molecule has 0 bridgehead atoms. The van der Waals surface area contributed by atoms with Gasteiger partial charge in [0.05, 0.1) is 5.69 Å². The number of aromatic nitrogens is 4. The number of carbonyl (C=O) groups excluding carboxylic acids is 1. The molecule has 1 aliphatic heterocycles. The van der Waals surface area contributed by atoms with E-state index in [-0.39, 0.29) is 0 Å². The number of nitrogens with one attached hydrogen (secondary N) is 1. The molecule has 1 aliphatic rings. The lowest BCUT2D eigenvalue weighted by molar-refractivity contribution is -0.131. The van der Waals surface area contributed by atoms with Gasteiger partial charge in [-0.1, -0.05) is 23.5 Å². The predicted octanol–water partition coefficient (Wildman–Crippen LogP) is 2.33. The van der Waals surface area contributed by atoms with E-state index in [2.05, 4.69) is 20.6 Å². The van der Waals surface area contributed by atoms with Crippen LogP contribution < -0.4 is 14.8 Å². The van der Waals surface area contributed by atoms with Crippen molar-refractivity contribution in [1.82, 2.24) is 20.0 Å². The van der Waals surface area contributed by atoms with Gasteiger partial charge in [-0.2, -0.15) is 5.10 Å². The van der Waals surface area contributed by atoms with E-state index in [1.807, 2.05) is 36.7 Å². The van der Waals surface area contributed by atoms with E-state index in [1.165, 1.54) is 11.3 Å². The van der Waals surface area contributed by atoms with Crippen LogP contribution in [0.1, 0.15) is 16.4 Å². The monoisotopic (exact) mass is 371 g/mol. The summed E-state index contributed by atoms with van der Waals surface area (Å²) in [4.78, 5) is 12.3. The number of ether oxygens (including phenoxy) is 2. The van der Waals surface area contributed by atoms with Crippen molar-refractivity contribution in [2.75, 3.05) is 5.32 Å². The van der Waals surface area contributed by atoms with E-state index in [9.17, 15) is 4.79 Å². The molecule has 3 heterocycles. The van der Waals surface area contributed by atoms with Gasteiger partial charge < -0.3 is 9.47 Å². The summed E-state index contributed by atoms with van der Waals surface area (Å²) in [5.41, 5.74) is 2.10. The molecule has 0 saturated heterocycles. The normalized spacial score (nSPS) is 13.2. The molecular weight excluding hydrogens is 354 g/mol. The van der Waals surface area contributed by atoms with Crippen LogP contribution in [0.25, 0.3) is 0 Å². The van der Waals surface area contributed by atoms with E-state index in [1.54, 1.807) is 12.1 Å². The highest BCUT2D eigenvalue weighted by Crippen LogP contribution is 2.34. The Morgan fingerprint density at radius 3 is 2.62 bits per heavy atom. The van der Waals surface area contributed by atoms with Gasteiger partial charge in [0.25, 0.3) is 0 Å². The minimum Gasteiger partial charge on any atom is -0.442 e. The molecular formula is C17H17N5O3S. The summed E-state index contributed by atoms with van der Waals surface area (Å²) in [7, 11) is 0. The Bertz CT molecular complexity index is 927. The highest BCUT2D eigenvalue weighted by molar-refractivity contribution is 7.15. The quantitative estimate of drug-likeness (QED) is 0.740. The Hall–Kier alpha value is -2.94. The molecule has 1 amide bonds. The van der Waals surface area contributed by atoms with Crippen molar-refractivity contribution in [2.45, 2.75) is 33.1 Å². The molecule has 26 heavy (non-hydrogen) atoms. The summed E-state index contributed by atoms with van der Waals surface area (Å²) < 4.78 is 12.9. The number of nitrogens with zero attached hydrogens (tertiary/aromatic N) is 4. The average Bonchev–Trinajstić information content (AvgIpc) is 3.31. The van der Waals surface area contributed by atoms with Crippen molar-refractivity contribution in [2.24, 2.45) is 0 Å². The fourth-order valence-corrected chi connectivity index (χ4v) is 3.41. The second kappa shape index (κ2) is 6.75. The maximum atomic E-state index is 12.3. The smallest absolute Gasteiger partial charge is 0.322 e. The molecule has 0 saturated carbocycles. The third-order valence-electron chi connectivity index (χ3n) is 3.87. The van der Waals surface area contributed by atoms with Gasteiger partial charge in [0.2, 0.25) is 5.13 Å². The van der Waals surface area contributed by atoms with Gasteiger partial charge in [0.15, 0.2) is 11.5 Å². The predicted molar refractivity (Wildman–Crippen MR) is 95.4 cm³/mol. The fourth-order valence-electron chi connectivity index (χ4n) is 2.68. The van der Waals surface area contributed by atoms with Crippen molar-refractivity contribution in [3.63, 3.8) is 0 Å². The first-order valence-electron chi connectivity index (χ1n) is 8.15. The van der Waals surface area contributed by atoms with Gasteiger partial charge in [-0.15, -0.1) is 10.2 Å². The van der Waals surface area contributed by atoms with Gasteiger partial charge >= 0.3 is 12.2 Å². The van der Waals surface area contributed by atoms with Crippen LogP contribution >= 0.6 is 11.3 Å². The van der Waals surface area contributed by atoms with Gasteiger partial charge in [0, 0.05) is 18.7 Å². The van der Waals surface area contributed by atoms with E-state index in [0.717, 1.165) is 16.4 Å². The highest BCUT2D eigenvalue weighted by Gasteiger charge is 2.31. The van der Waals surface area contributed by atoms with E-state index in [0.29, 0.717) is 29.6 Å². The number of aryl methyl sites for hydroxylation is 4. The van der Waals surface area contributed by atoms with Crippen LogP contribution in [0.3, 0.4) is 0 Å². The van der Waals surface area contributed by atoms with Crippen molar-refractivity contribution < 1.29 is 14.3 Å². The molecule has 0 unspecified atom stereocenters. The number of hydrogen-bond donors (Lipinski definition) is 1. The summed E-state index contributed by atoms with van der Waals surface area (Å²) in [6.07, 6.45) is -0.327. The largest absolute Gasteiger partial charge is 0.442 e. The lowest BCUT2D eigenvalue weighted by Crippen LogP contribution is -2.34. The van der Waals surface area contributed by atoms with Crippen LogP contribution in [-0.2, 0) is 17.8 Å². The van der Waals surface area contributed by atoms with Crippen LogP contribution in [0.5, 0.6) is 11.5 Å². The molecule has 3 aromatic rings. The minimum atomic E-state index is -1.02. The van der Waals surface area contributed by atoms with E-state index >= 15 is 0 Å². The fraction of sp³-hybridized carbons (Fsp3) is 0.294. The first-order valence-corrected chi connectivity index (χ1v) is 8.97. The zero-order valence-corrected chi connectivity index (χ0v) is 15.1. The van der Waals surface area contributed by atoms with Crippen molar-refractivity contribution in [1.29, 1.82) is 0 Å². The number of benzene rings is 1. The summed E-state index contributed by atoms with van der Waals surface area (Å²) in [5, 5.41) is 16.5. The topological polar surface area (TPSA) is 91.2 Å². The number of para-hydroxylation sites is 2. The molecule has 0 aliphatic carbocycles. The Morgan fingerprint density at radius 1 is 1.23 bits per heavy atom. The molecule has 0 spiro atoms. The first kappa shape index (κ1) is 16.5. The van der Waals surface area contributed by atoms with Gasteiger partial charge in [-0.3, -0.25) is 14.8 Å². The number of rotatable bonds is 5. The van der Waals surface area contributed by atoms with E-state index < -0.39 is 12.2 Å². The Balaban J connectivity index is 1.34. The van der Waals surface area contributed by atoms with Crippen LogP contribution in [-0.4, -0.2) is 32.2 Å². The standard InChI is InChI=1S/C17H17N5O3S/c1-10-9-11(2)22(21-10)8-7-14-19-20-17(26-14)18-15(23)16-24-12-5-3-4-6-13(12)25-16/h3-6,9,16H,7-8H2,1-2H3,(H,18,20,23). The van der Waals surface area contributed by atoms with E-state index in [4.69, 9.17) is 9.47 Å².